The Morgan fingerprint density at radius 3 is 2.61 bits per heavy atom. The van der Waals surface area contributed by atoms with Gasteiger partial charge in [-0.3, -0.25) is 0 Å². The number of hydrogen-bond donors (Lipinski definition) is 0. The van der Waals surface area contributed by atoms with Crippen LogP contribution in [0.1, 0.15) is 39.5 Å². The minimum atomic E-state index is 0.544. The van der Waals surface area contributed by atoms with Gasteiger partial charge in [0.1, 0.15) is 0 Å². The summed E-state index contributed by atoms with van der Waals surface area (Å²) in [4.78, 5) is 1.34. The lowest BCUT2D eigenvalue weighted by molar-refractivity contribution is 0.754. The zero-order valence-electron chi connectivity index (χ0n) is 11.6. The smallest absolute Gasteiger partial charge is 0.0298 e. The fourth-order valence-corrected chi connectivity index (χ4v) is 2.90. The fraction of sp³-hybridized carbons (Fsp3) is 0.412. The first kappa shape index (κ1) is 15.1. The standard InChI is InChI=1S/C17H24S/c1-4-5-6-7-11-14-17(15(2)3)18-16-12-9-8-10-13-16/h5-6,8-10,12-13,17H,2,4,7,11,14H2,1,3H3/b6-5+. The molecule has 0 saturated heterocycles. The minimum absolute atomic E-state index is 0.544. The number of allylic oxidation sites excluding steroid dienone is 2. The van der Waals surface area contributed by atoms with Gasteiger partial charge in [-0.2, -0.15) is 0 Å². The summed E-state index contributed by atoms with van der Waals surface area (Å²) in [6, 6.07) is 10.6. The minimum Gasteiger partial charge on any atom is -0.118 e. The van der Waals surface area contributed by atoms with E-state index in [-0.39, 0.29) is 0 Å². The summed E-state index contributed by atoms with van der Waals surface area (Å²) in [6.07, 6.45) is 9.33. The van der Waals surface area contributed by atoms with E-state index in [4.69, 9.17) is 0 Å². The summed E-state index contributed by atoms with van der Waals surface area (Å²) in [5.41, 5.74) is 1.28. The van der Waals surface area contributed by atoms with E-state index in [0.717, 1.165) is 6.42 Å². The molecule has 0 amide bonds. The largest absolute Gasteiger partial charge is 0.118 e. The topological polar surface area (TPSA) is 0 Å². The van der Waals surface area contributed by atoms with Gasteiger partial charge in [-0.05, 0) is 44.7 Å². The van der Waals surface area contributed by atoms with Gasteiger partial charge in [0.05, 0.1) is 0 Å². The van der Waals surface area contributed by atoms with Crippen LogP contribution >= 0.6 is 11.8 Å². The number of hydrogen-bond acceptors (Lipinski definition) is 1. The van der Waals surface area contributed by atoms with Gasteiger partial charge < -0.3 is 0 Å². The van der Waals surface area contributed by atoms with E-state index >= 15 is 0 Å². The quantitative estimate of drug-likeness (QED) is 0.320. The van der Waals surface area contributed by atoms with E-state index < -0.39 is 0 Å². The van der Waals surface area contributed by atoms with Crippen LogP contribution in [-0.2, 0) is 0 Å². The van der Waals surface area contributed by atoms with Crippen LogP contribution in [0.5, 0.6) is 0 Å². The maximum Gasteiger partial charge on any atom is 0.0298 e. The summed E-state index contributed by atoms with van der Waals surface area (Å²) < 4.78 is 0. The summed E-state index contributed by atoms with van der Waals surface area (Å²) >= 11 is 1.94. The lowest BCUT2D eigenvalue weighted by atomic mass is 10.1. The molecule has 1 rings (SSSR count). The molecule has 0 spiro atoms. The van der Waals surface area contributed by atoms with Crippen LogP contribution in [0.4, 0.5) is 0 Å². The van der Waals surface area contributed by atoms with Crippen molar-refractivity contribution < 1.29 is 0 Å². The van der Waals surface area contributed by atoms with Gasteiger partial charge in [-0.1, -0.05) is 49.4 Å². The Labute approximate surface area is 116 Å². The molecule has 0 heterocycles. The third-order valence-electron chi connectivity index (χ3n) is 2.81. The SMILES string of the molecule is C=C(C)C(CCC/C=C/CC)Sc1ccccc1. The second-order valence-corrected chi connectivity index (χ2v) is 5.85. The maximum absolute atomic E-state index is 4.13. The first-order valence-corrected chi connectivity index (χ1v) is 7.64. The third kappa shape index (κ3) is 6.11. The molecular weight excluding hydrogens is 236 g/mol. The van der Waals surface area contributed by atoms with Crippen molar-refractivity contribution >= 4 is 11.8 Å². The number of rotatable bonds is 8. The summed E-state index contributed by atoms with van der Waals surface area (Å²) in [6.45, 7) is 8.45. The monoisotopic (exact) mass is 260 g/mol. The molecule has 1 aromatic carbocycles. The van der Waals surface area contributed by atoms with Crippen molar-refractivity contribution in [1.82, 2.24) is 0 Å². The van der Waals surface area contributed by atoms with Crippen molar-refractivity contribution in [2.24, 2.45) is 0 Å². The predicted molar refractivity (Wildman–Crippen MR) is 84.2 cm³/mol. The zero-order valence-corrected chi connectivity index (χ0v) is 12.4. The van der Waals surface area contributed by atoms with Crippen molar-refractivity contribution in [2.45, 2.75) is 49.7 Å². The fourth-order valence-electron chi connectivity index (χ4n) is 1.77. The van der Waals surface area contributed by atoms with E-state index in [9.17, 15) is 0 Å². The number of benzene rings is 1. The lowest BCUT2D eigenvalue weighted by Crippen LogP contribution is -2.03. The Bertz CT molecular complexity index is 364. The molecule has 0 aliphatic rings. The number of thioether (sulfide) groups is 1. The van der Waals surface area contributed by atoms with Crippen LogP contribution < -0.4 is 0 Å². The molecule has 1 unspecified atom stereocenters. The van der Waals surface area contributed by atoms with Crippen LogP contribution in [0.2, 0.25) is 0 Å². The molecule has 1 aromatic rings. The Balaban J connectivity index is 2.41. The second-order valence-electron chi connectivity index (χ2n) is 4.58. The van der Waals surface area contributed by atoms with Crippen molar-refractivity contribution in [3.63, 3.8) is 0 Å². The zero-order chi connectivity index (χ0) is 13.2. The van der Waals surface area contributed by atoms with Gasteiger partial charge in [0.25, 0.3) is 0 Å². The van der Waals surface area contributed by atoms with Crippen molar-refractivity contribution in [1.29, 1.82) is 0 Å². The summed E-state index contributed by atoms with van der Waals surface area (Å²) in [5, 5.41) is 0.544. The molecule has 98 valence electrons. The second kappa shape index (κ2) is 9.04. The molecule has 0 saturated carbocycles. The molecule has 0 N–H and O–H groups in total. The van der Waals surface area contributed by atoms with Crippen molar-refractivity contribution in [2.75, 3.05) is 0 Å². The molecule has 0 nitrogen and oxygen atoms in total. The normalized spacial score (nSPS) is 12.8. The average Bonchev–Trinajstić information content (AvgIpc) is 2.38. The molecule has 18 heavy (non-hydrogen) atoms. The van der Waals surface area contributed by atoms with E-state index in [1.807, 2.05) is 11.8 Å². The Morgan fingerprint density at radius 2 is 2.00 bits per heavy atom. The van der Waals surface area contributed by atoms with Crippen LogP contribution in [0.25, 0.3) is 0 Å². The predicted octanol–water partition coefficient (Wildman–Crippen LogP) is 5.86. The summed E-state index contributed by atoms with van der Waals surface area (Å²) in [7, 11) is 0. The van der Waals surface area contributed by atoms with E-state index in [1.165, 1.54) is 29.7 Å². The molecule has 0 aromatic heterocycles. The first-order chi connectivity index (χ1) is 8.74. The maximum atomic E-state index is 4.13. The van der Waals surface area contributed by atoms with Gasteiger partial charge in [0, 0.05) is 10.1 Å². The van der Waals surface area contributed by atoms with Crippen LogP contribution in [0.15, 0.2) is 59.5 Å². The molecule has 0 aliphatic carbocycles. The Morgan fingerprint density at radius 1 is 1.28 bits per heavy atom. The van der Waals surface area contributed by atoms with Gasteiger partial charge in [-0.25, -0.2) is 0 Å². The van der Waals surface area contributed by atoms with Crippen molar-refractivity contribution in [3.05, 3.63) is 54.6 Å². The average molecular weight is 260 g/mol. The molecular formula is C17H24S. The molecule has 0 aliphatic heterocycles. The van der Waals surface area contributed by atoms with Crippen molar-refractivity contribution in [3.8, 4) is 0 Å². The highest BCUT2D eigenvalue weighted by molar-refractivity contribution is 8.00. The van der Waals surface area contributed by atoms with Crippen LogP contribution in [0.3, 0.4) is 0 Å². The molecule has 1 heteroatoms. The molecule has 1 atom stereocenters. The van der Waals surface area contributed by atoms with E-state index in [2.05, 4.69) is 62.9 Å². The van der Waals surface area contributed by atoms with Crippen LogP contribution in [-0.4, -0.2) is 5.25 Å². The molecule has 0 radical (unpaired) electrons. The van der Waals surface area contributed by atoms with Gasteiger partial charge in [0.15, 0.2) is 0 Å². The van der Waals surface area contributed by atoms with Gasteiger partial charge >= 0.3 is 0 Å². The van der Waals surface area contributed by atoms with Crippen LogP contribution in [0, 0.1) is 0 Å². The Hall–Kier alpha value is -0.950. The molecule has 0 bridgehead atoms. The lowest BCUT2D eigenvalue weighted by Gasteiger charge is -2.16. The van der Waals surface area contributed by atoms with E-state index in [0.29, 0.717) is 5.25 Å². The van der Waals surface area contributed by atoms with E-state index in [1.54, 1.807) is 0 Å². The third-order valence-corrected chi connectivity index (χ3v) is 4.28. The number of unbranched alkanes of at least 4 members (excludes halogenated alkanes) is 1. The highest BCUT2D eigenvalue weighted by atomic mass is 32.2. The molecule has 0 fully saturated rings. The van der Waals surface area contributed by atoms with Gasteiger partial charge in [-0.15, -0.1) is 11.8 Å². The van der Waals surface area contributed by atoms with Gasteiger partial charge in [0.2, 0.25) is 0 Å². The summed E-state index contributed by atoms with van der Waals surface area (Å²) in [5.74, 6) is 0. The highest BCUT2D eigenvalue weighted by Gasteiger charge is 2.10. The highest BCUT2D eigenvalue weighted by Crippen LogP contribution is 2.30. The Kier molecular flexibility index (Phi) is 7.59. The first-order valence-electron chi connectivity index (χ1n) is 6.76.